The molecule has 0 aliphatic heterocycles. The van der Waals surface area contributed by atoms with Crippen LogP contribution in [0.5, 0.6) is 0 Å². The second kappa shape index (κ2) is 5.99. The van der Waals surface area contributed by atoms with Crippen LogP contribution in [0.1, 0.15) is 26.7 Å². The highest BCUT2D eigenvalue weighted by Crippen LogP contribution is 2.27. The van der Waals surface area contributed by atoms with E-state index in [0.29, 0.717) is 11.7 Å². The molecular formula is C17H20N4O3. The van der Waals surface area contributed by atoms with Gasteiger partial charge >= 0.3 is 6.09 Å². The summed E-state index contributed by atoms with van der Waals surface area (Å²) in [5, 5.41) is 7.66. The Morgan fingerprint density at radius 2 is 2.08 bits per heavy atom. The van der Waals surface area contributed by atoms with Crippen molar-refractivity contribution in [3.63, 3.8) is 0 Å². The van der Waals surface area contributed by atoms with Crippen LogP contribution >= 0.6 is 0 Å². The lowest BCUT2D eigenvalue weighted by molar-refractivity contribution is 0.0518. The van der Waals surface area contributed by atoms with E-state index < -0.39 is 11.7 Å². The molecule has 3 aromatic rings. The molecular weight excluding hydrogens is 308 g/mol. The predicted molar refractivity (Wildman–Crippen MR) is 89.3 cm³/mol. The minimum atomic E-state index is -0.549. The normalized spacial score (nSPS) is 11.7. The van der Waals surface area contributed by atoms with Gasteiger partial charge in [-0.05, 0) is 26.8 Å². The number of nitrogens with zero attached hydrogens (tertiary/aromatic N) is 3. The van der Waals surface area contributed by atoms with Crippen LogP contribution in [0.4, 0.5) is 4.79 Å². The molecule has 24 heavy (non-hydrogen) atoms. The zero-order chi connectivity index (χ0) is 17.3. The summed E-state index contributed by atoms with van der Waals surface area (Å²) in [6.45, 7) is 5.53. The molecule has 0 fully saturated rings. The molecule has 0 aliphatic rings. The van der Waals surface area contributed by atoms with Crippen molar-refractivity contribution in [3.8, 4) is 11.4 Å². The molecule has 0 spiro atoms. The summed E-state index contributed by atoms with van der Waals surface area (Å²) in [6.07, 6.45) is 1.44. The number of benzene rings is 1. The number of ether oxygens (including phenoxy) is 1. The van der Waals surface area contributed by atoms with E-state index in [1.165, 1.54) is 0 Å². The van der Waals surface area contributed by atoms with Crippen molar-refractivity contribution in [2.75, 3.05) is 0 Å². The average molecular weight is 328 g/mol. The molecule has 2 aromatic heterocycles. The van der Waals surface area contributed by atoms with Crippen molar-refractivity contribution in [3.05, 3.63) is 36.4 Å². The van der Waals surface area contributed by atoms with Crippen molar-refractivity contribution >= 4 is 17.0 Å². The van der Waals surface area contributed by atoms with E-state index in [2.05, 4.69) is 15.5 Å². The van der Waals surface area contributed by atoms with Crippen LogP contribution in [0.15, 0.2) is 35.0 Å². The fourth-order valence-electron chi connectivity index (χ4n) is 2.42. The number of carbonyl (C=O) groups excluding carboxylic acids is 1. The third-order valence-electron chi connectivity index (χ3n) is 3.39. The summed E-state index contributed by atoms with van der Waals surface area (Å²) in [5.41, 5.74) is 1.43. The topological polar surface area (TPSA) is 82.2 Å². The lowest BCUT2D eigenvalue weighted by Gasteiger charge is -2.19. The summed E-state index contributed by atoms with van der Waals surface area (Å²) in [5.74, 6) is 0.816. The number of aromatic nitrogens is 3. The Kier molecular flexibility index (Phi) is 4.01. The van der Waals surface area contributed by atoms with Gasteiger partial charge in [-0.1, -0.05) is 23.4 Å². The molecule has 1 N–H and O–H groups in total. The minimum absolute atomic E-state index is 0.118. The molecule has 2 heterocycles. The second-order valence-electron chi connectivity index (χ2n) is 6.54. The first kappa shape index (κ1) is 16.0. The van der Waals surface area contributed by atoms with Gasteiger partial charge < -0.3 is 19.1 Å². The number of hydrogen-bond donors (Lipinski definition) is 1. The molecule has 0 radical (unpaired) electrons. The fourth-order valence-corrected chi connectivity index (χ4v) is 2.42. The average Bonchev–Trinajstić information content (AvgIpc) is 3.09. The molecule has 3 rings (SSSR count). The third-order valence-corrected chi connectivity index (χ3v) is 3.39. The molecule has 126 valence electrons. The van der Waals surface area contributed by atoms with Gasteiger partial charge in [0, 0.05) is 29.7 Å². The number of aryl methyl sites for hydroxylation is 1. The number of rotatable bonds is 3. The number of carbonyl (C=O) groups is 1. The summed E-state index contributed by atoms with van der Waals surface area (Å²) >= 11 is 0. The Labute approximate surface area is 139 Å². The smallest absolute Gasteiger partial charge is 0.408 e. The molecule has 0 atom stereocenters. The molecule has 0 bridgehead atoms. The highest BCUT2D eigenvalue weighted by Gasteiger charge is 2.18. The van der Waals surface area contributed by atoms with Gasteiger partial charge in [-0.25, -0.2) is 4.79 Å². The highest BCUT2D eigenvalue weighted by atomic mass is 16.6. The van der Waals surface area contributed by atoms with Gasteiger partial charge in [-0.2, -0.15) is 4.98 Å². The Bertz CT molecular complexity index is 873. The van der Waals surface area contributed by atoms with Crippen LogP contribution in [0, 0.1) is 0 Å². The first-order valence-electron chi connectivity index (χ1n) is 7.67. The summed E-state index contributed by atoms with van der Waals surface area (Å²) in [6, 6.07) is 8.00. The standard InChI is InChI=1S/C17H20N4O3/c1-17(2,3)23-16(22)18-9-14-19-15(20-24-14)12-10-21(4)13-8-6-5-7-11(12)13/h5-8,10H,9H2,1-4H3,(H,18,22). The Morgan fingerprint density at radius 3 is 2.83 bits per heavy atom. The number of para-hydroxylation sites is 1. The maximum atomic E-state index is 11.7. The molecule has 7 nitrogen and oxygen atoms in total. The largest absolute Gasteiger partial charge is 0.444 e. The number of fused-ring (bicyclic) bond motifs is 1. The third kappa shape index (κ3) is 3.40. The zero-order valence-electron chi connectivity index (χ0n) is 14.2. The van der Waals surface area contributed by atoms with E-state index in [0.717, 1.165) is 16.5 Å². The summed E-state index contributed by atoms with van der Waals surface area (Å²) < 4.78 is 12.4. The lowest BCUT2D eigenvalue weighted by Crippen LogP contribution is -2.32. The van der Waals surface area contributed by atoms with Gasteiger partial charge in [0.2, 0.25) is 11.7 Å². The Balaban J connectivity index is 1.75. The van der Waals surface area contributed by atoms with Crippen LogP contribution in [0.3, 0.4) is 0 Å². The fraction of sp³-hybridized carbons (Fsp3) is 0.353. The van der Waals surface area contributed by atoms with Gasteiger partial charge in [0.15, 0.2) is 0 Å². The van der Waals surface area contributed by atoms with E-state index in [1.54, 1.807) is 20.8 Å². The lowest BCUT2D eigenvalue weighted by atomic mass is 10.2. The van der Waals surface area contributed by atoms with Crippen molar-refractivity contribution in [2.45, 2.75) is 32.9 Å². The van der Waals surface area contributed by atoms with E-state index >= 15 is 0 Å². The Hall–Kier alpha value is -2.83. The molecule has 0 saturated heterocycles. The quantitative estimate of drug-likeness (QED) is 0.798. The van der Waals surface area contributed by atoms with E-state index in [4.69, 9.17) is 9.26 Å². The molecule has 1 amide bonds. The van der Waals surface area contributed by atoms with Crippen molar-refractivity contribution < 1.29 is 14.1 Å². The Morgan fingerprint density at radius 1 is 1.33 bits per heavy atom. The molecule has 0 aliphatic carbocycles. The number of amides is 1. The SMILES string of the molecule is Cn1cc(-c2noc(CNC(=O)OC(C)(C)C)n2)c2ccccc21. The molecule has 7 heteroatoms. The van der Waals surface area contributed by atoms with Crippen molar-refractivity contribution in [2.24, 2.45) is 7.05 Å². The number of hydrogen-bond acceptors (Lipinski definition) is 5. The number of nitrogens with one attached hydrogen (secondary N) is 1. The first-order chi connectivity index (χ1) is 11.3. The monoisotopic (exact) mass is 328 g/mol. The predicted octanol–water partition coefficient (Wildman–Crippen LogP) is 3.25. The maximum absolute atomic E-state index is 11.7. The van der Waals surface area contributed by atoms with Crippen LogP contribution in [-0.2, 0) is 18.3 Å². The van der Waals surface area contributed by atoms with Crippen molar-refractivity contribution in [1.29, 1.82) is 0 Å². The zero-order valence-corrected chi connectivity index (χ0v) is 14.2. The second-order valence-corrected chi connectivity index (χ2v) is 6.54. The van der Waals surface area contributed by atoms with Crippen molar-refractivity contribution in [1.82, 2.24) is 20.0 Å². The maximum Gasteiger partial charge on any atom is 0.408 e. The van der Waals surface area contributed by atoms with Gasteiger partial charge in [-0.15, -0.1) is 0 Å². The van der Waals surface area contributed by atoms with Gasteiger partial charge in [0.1, 0.15) is 12.1 Å². The molecule has 1 aromatic carbocycles. The van der Waals surface area contributed by atoms with Gasteiger partial charge in [0.25, 0.3) is 0 Å². The molecule has 0 unspecified atom stereocenters. The summed E-state index contributed by atoms with van der Waals surface area (Å²) in [7, 11) is 1.97. The highest BCUT2D eigenvalue weighted by molar-refractivity contribution is 5.94. The van der Waals surface area contributed by atoms with Crippen LogP contribution in [-0.4, -0.2) is 26.4 Å². The van der Waals surface area contributed by atoms with Crippen LogP contribution in [0.2, 0.25) is 0 Å². The molecule has 0 saturated carbocycles. The van der Waals surface area contributed by atoms with Crippen LogP contribution < -0.4 is 5.32 Å². The minimum Gasteiger partial charge on any atom is -0.444 e. The van der Waals surface area contributed by atoms with Gasteiger partial charge in [0.05, 0.1) is 0 Å². The van der Waals surface area contributed by atoms with Gasteiger partial charge in [-0.3, -0.25) is 0 Å². The van der Waals surface area contributed by atoms with E-state index in [9.17, 15) is 4.79 Å². The first-order valence-corrected chi connectivity index (χ1v) is 7.67. The van der Waals surface area contributed by atoms with E-state index in [1.807, 2.05) is 42.1 Å². The summed E-state index contributed by atoms with van der Waals surface area (Å²) in [4.78, 5) is 16.0. The van der Waals surface area contributed by atoms with Crippen LogP contribution in [0.25, 0.3) is 22.3 Å². The van der Waals surface area contributed by atoms with E-state index in [-0.39, 0.29) is 6.54 Å². The number of alkyl carbamates (subject to hydrolysis) is 1.